The SMILES string of the molecule is COc1ccc(S(=O)(=O)Nc2cccc(C(=O)N(C)Cc3cccs3)c2)cc1. The van der Waals surface area contributed by atoms with E-state index in [9.17, 15) is 13.2 Å². The van der Waals surface area contributed by atoms with Crippen LogP contribution in [0.25, 0.3) is 0 Å². The fourth-order valence-electron chi connectivity index (χ4n) is 2.61. The first kappa shape index (κ1) is 19.9. The van der Waals surface area contributed by atoms with E-state index in [-0.39, 0.29) is 10.8 Å². The molecular formula is C20H20N2O4S2. The van der Waals surface area contributed by atoms with E-state index in [0.29, 0.717) is 23.5 Å². The van der Waals surface area contributed by atoms with Crippen LogP contribution in [-0.4, -0.2) is 33.4 Å². The number of hydrogen-bond acceptors (Lipinski definition) is 5. The van der Waals surface area contributed by atoms with Crippen LogP contribution in [-0.2, 0) is 16.6 Å². The van der Waals surface area contributed by atoms with Crippen molar-refractivity contribution in [1.82, 2.24) is 4.90 Å². The third-order valence-corrected chi connectivity index (χ3v) is 6.31. The van der Waals surface area contributed by atoms with E-state index in [1.165, 1.54) is 25.3 Å². The Morgan fingerprint density at radius 1 is 1.11 bits per heavy atom. The summed E-state index contributed by atoms with van der Waals surface area (Å²) in [6.07, 6.45) is 0. The Labute approximate surface area is 168 Å². The van der Waals surface area contributed by atoms with Crippen molar-refractivity contribution in [2.24, 2.45) is 0 Å². The Kier molecular flexibility index (Phi) is 6.01. The van der Waals surface area contributed by atoms with Gasteiger partial charge in [0.05, 0.1) is 18.6 Å². The Bertz CT molecular complexity index is 1050. The normalized spacial score (nSPS) is 11.1. The highest BCUT2D eigenvalue weighted by Crippen LogP contribution is 2.21. The van der Waals surface area contributed by atoms with Gasteiger partial charge >= 0.3 is 0 Å². The van der Waals surface area contributed by atoms with Gasteiger partial charge in [0.15, 0.2) is 0 Å². The topological polar surface area (TPSA) is 75.7 Å². The van der Waals surface area contributed by atoms with E-state index in [4.69, 9.17) is 4.74 Å². The quantitative estimate of drug-likeness (QED) is 0.635. The van der Waals surface area contributed by atoms with Crippen LogP contribution in [0.1, 0.15) is 15.2 Å². The standard InChI is InChI=1S/C20H20N2O4S2/c1-22(14-18-7-4-12-27-18)20(23)15-5-3-6-16(13-15)21-28(24,25)19-10-8-17(26-2)9-11-19/h3-13,21H,14H2,1-2H3. The second-order valence-corrected chi connectivity index (χ2v) is 8.82. The molecule has 0 radical (unpaired) electrons. The van der Waals surface area contributed by atoms with Gasteiger partial charge in [0.2, 0.25) is 0 Å². The molecule has 0 aliphatic heterocycles. The molecule has 0 saturated carbocycles. The van der Waals surface area contributed by atoms with E-state index in [0.717, 1.165) is 4.88 Å². The van der Waals surface area contributed by atoms with E-state index < -0.39 is 10.0 Å². The van der Waals surface area contributed by atoms with Crippen LogP contribution in [0.2, 0.25) is 0 Å². The minimum atomic E-state index is -3.77. The molecule has 2 aromatic carbocycles. The van der Waals surface area contributed by atoms with Crippen LogP contribution < -0.4 is 9.46 Å². The van der Waals surface area contributed by atoms with Crippen LogP contribution in [0.4, 0.5) is 5.69 Å². The predicted octanol–water partition coefficient (Wildman–Crippen LogP) is 3.83. The highest BCUT2D eigenvalue weighted by molar-refractivity contribution is 7.92. The maximum atomic E-state index is 12.7. The molecule has 0 bridgehead atoms. The molecule has 8 heteroatoms. The smallest absolute Gasteiger partial charge is 0.261 e. The van der Waals surface area contributed by atoms with Crippen molar-refractivity contribution in [1.29, 1.82) is 0 Å². The number of carbonyl (C=O) groups is 1. The van der Waals surface area contributed by atoms with Gasteiger partial charge in [-0.25, -0.2) is 8.42 Å². The Hall–Kier alpha value is -2.84. The monoisotopic (exact) mass is 416 g/mol. The molecule has 3 rings (SSSR count). The van der Waals surface area contributed by atoms with Gasteiger partial charge in [0, 0.05) is 23.2 Å². The van der Waals surface area contributed by atoms with Gasteiger partial charge in [0.25, 0.3) is 15.9 Å². The molecule has 1 N–H and O–H groups in total. The summed E-state index contributed by atoms with van der Waals surface area (Å²) in [5.74, 6) is 0.388. The number of carbonyl (C=O) groups excluding carboxylic acids is 1. The molecule has 0 fully saturated rings. The molecule has 0 unspecified atom stereocenters. The molecule has 0 aliphatic rings. The number of methoxy groups -OCH3 is 1. The maximum absolute atomic E-state index is 12.7. The number of rotatable bonds is 7. The van der Waals surface area contributed by atoms with Crippen molar-refractivity contribution >= 4 is 33.0 Å². The molecule has 1 heterocycles. The fraction of sp³-hybridized carbons (Fsp3) is 0.150. The summed E-state index contributed by atoms with van der Waals surface area (Å²) in [4.78, 5) is 15.5. The largest absolute Gasteiger partial charge is 0.497 e. The van der Waals surface area contributed by atoms with Crippen molar-refractivity contribution < 1.29 is 17.9 Å². The molecule has 0 atom stereocenters. The highest BCUT2D eigenvalue weighted by Gasteiger charge is 2.17. The van der Waals surface area contributed by atoms with Gasteiger partial charge in [-0.2, -0.15) is 0 Å². The number of benzene rings is 2. The summed E-state index contributed by atoms with van der Waals surface area (Å²) < 4.78 is 32.7. The lowest BCUT2D eigenvalue weighted by Crippen LogP contribution is -2.26. The second kappa shape index (κ2) is 8.45. The predicted molar refractivity (Wildman–Crippen MR) is 110 cm³/mol. The molecule has 0 spiro atoms. The van der Waals surface area contributed by atoms with Crippen molar-refractivity contribution in [2.75, 3.05) is 18.9 Å². The van der Waals surface area contributed by atoms with Gasteiger partial charge in [-0.05, 0) is 53.9 Å². The van der Waals surface area contributed by atoms with Crippen molar-refractivity contribution in [3.8, 4) is 5.75 Å². The van der Waals surface area contributed by atoms with Crippen molar-refractivity contribution in [2.45, 2.75) is 11.4 Å². The molecular weight excluding hydrogens is 396 g/mol. The number of sulfonamides is 1. The Balaban J connectivity index is 1.75. The lowest BCUT2D eigenvalue weighted by atomic mass is 10.2. The van der Waals surface area contributed by atoms with Gasteiger partial charge < -0.3 is 9.64 Å². The number of hydrogen-bond donors (Lipinski definition) is 1. The van der Waals surface area contributed by atoms with E-state index in [1.54, 1.807) is 53.6 Å². The van der Waals surface area contributed by atoms with E-state index in [1.807, 2.05) is 17.5 Å². The summed E-state index contributed by atoms with van der Waals surface area (Å²) in [5, 5.41) is 1.96. The first-order chi connectivity index (χ1) is 13.4. The number of amides is 1. The summed E-state index contributed by atoms with van der Waals surface area (Å²) >= 11 is 1.58. The van der Waals surface area contributed by atoms with E-state index in [2.05, 4.69) is 4.72 Å². The highest BCUT2D eigenvalue weighted by atomic mass is 32.2. The zero-order valence-electron chi connectivity index (χ0n) is 15.5. The molecule has 1 aromatic heterocycles. The van der Waals surface area contributed by atoms with Gasteiger partial charge in [-0.1, -0.05) is 12.1 Å². The molecule has 146 valence electrons. The fourth-order valence-corrected chi connectivity index (χ4v) is 4.42. The number of nitrogens with zero attached hydrogens (tertiary/aromatic N) is 1. The average molecular weight is 417 g/mol. The first-order valence-corrected chi connectivity index (χ1v) is 10.8. The molecule has 3 aromatic rings. The van der Waals surface area contributed by atoms with Crippen LogP contribution in [0.5, 0.6) is 5.75 Å². The zero-order chi connectivity index (χ0) is 20.1. The zero-order valence-corrected chi connectivity index (χ0v) is 17.1. The minimum Gasteiger partial charge on any atom is -0.497 e. The number of nitrogens with one attached hydrogen (secondary N) is 1. The van der Waals surface area contributed by atoms with Crippen LogP contribution in [0.15, 0.2) is 70.9 Å². The second-order valence-electron chi connectivity index (χ2n) is 6.10. The molecule has 0 saturated heterocycles. The Morgan fingerprint density at radius 3 is 2.50 bits per heavy atom. The van der Waals surface area contributed by atoms with Crippen molar-refractivity contribution in [3.63, 3.8) is 0 Å². The number of anilines is 1. The molecule has 28 heavy (non-hydrogen) atoms. The molecule has 0 aliphatic carbocycles. The first-order valence-electron chi connectivity index (χ1n) is 8.44. The molecule has 6 nitrogen and oxygen atoms in total. The molecule has 1 amide bonds. The maximum Gasteiger partial charge on any atom is 0.261 e. The van der Waals surface area contributed by atoms with Gasteiger partial charge in [-0.15, -0.1) is 11.3 Å². The van der Waals surface area contributed by atoms with Crippen LogP contribution >= 0.6 is 11.3 Å². The average Bonchev–Trinajstić information content (AvgIpc) is 3.20. The van der Waals surface area contributed by atoms with Gasteiger partial charge in [-0.3, -0.25) is 9.52 Å². The third kappa shape index (κ3) is 4.71. The van der Waals surface area contributed by atoms with Crippen molar-refractivity contribution in [3.05, 3.63) is 76.5 Å². The summed E-state index contributed by atoms with van der Waals surface area (Å²) in [6.45, 7) is 0.498. The Morgan fingerprint density at radius 2 is 1.86 bits per heavy atom. The van der Waals surface area contributed by atoms with Gasteiger partial charge in [0.1, 0.15) is 5.75 Å². The summed E-state index contributed by atoms with van der Waals surface area (Å²) in [6, 6.07) is 16.4. The summed E-state index contributed by atoms with van der Waals surface area (Å²) in [7, 11) is -0.539. The third-order valence-electron chi connectivity index (χ3n) is 4.05. The number of ether oxygens (including phenoxy) is 1. The van der Waals surface area contributed by atoms with Crippen LogP contribution in [0.3, 0.4) is 0 Å². The van der Waals surface area contributed by atoms with Crippen LogP contribution in [0, 0.1) is 0 Å². The lowest BCUT2D eigenvalue weighted by molar-refractivity contribution is 0.0786. The minimum absolute atomic E-state index is 0.111. The number of thiophene rings is 1. The lowest BCUT2D eigenvalue weighted by Gasteiger charge is -2.17. The van der Waals surface area contributed by atoms with E-state index >= 15 is 0 Å². The summed E-state index contributed by atoms with van der Waals surface area (Å²) in [5.41, 5.74) is 0.736.